The fourth-order valence-electron chi connectivity index (χ4n) is 2.64. The van der Waals surface area contributed by atoms with Crippen LogP contribution in [0.5, 0.6) is 0 Å². The van der Waals surface area contributed by atoms with Crippen molar-refractivity contribution in [2.45, 2.75) is 59.4 Å². The molecule has 7 heteroatoms. The second kappa shape index (κ2) is 6.64. The number of rotatable bonds is 3. The number of hydrogen-bond donors (Lipinski definition) is 1. The number of hydrogen-bond acceptors (Lipinski definition) is 5. The molecule has 144 valence electrons. The number of amides is 1. The van der Waals surface area contributed by atoms with Crippen molar-refractivity contribution in [3.05, 3.63) is 40.7 Å². The van der Waals surface area contributed by atoms with E-state index in [2.05, 4.69) is 51.8 Å². The summed E-state index contributed by atoms with van der Waals surface area (Å²) in [5.41, 5.74) is 0.820. The molecule has 3 aromatic heterocycles. The van der Waals surface area contributed by atoms with Gasteiger partial charge in [0.05, 0.1) is 16.1 Å². The monoisotopic (exact) mass is 386 g/mol. The van der Waals surface area contributed by atoms with Crippen LogP contribution in [0, 0.1) is 6.92 Å². The smallest absolute Gasteiger partial charge is 0.279 e. The maximum absolute atomic E-state index is 12.9. The average molecular weight is 387 g/mol. The molecular formula is C20H26N4O2S. The molecule has 0 bridgehead atoms. The van der Waals surface area contributed by atoms with Crippen molar-refractivity contribution >= 4 is 23.1 Å². The number of carbonyl (C=O) groups excluding carboxylic acids is 1. The summed E-state index contributed by atoms with van der Waals surface area (Å²) in [5.74, 6) is 1.31. The predicted octanol–water partition coefficient (Wildman–Crippen LogP) is 5.21. The molecule has 0 aliphatic carbocycles. The van der Waals surface area contributed by atoms with Gasteiger partial charge < -0.3 is 9.73 Å². The van der Waals surface area contributed by atoms with Crippen LogP contribution in [0.2, 0.25) is 0 Å². The van der Waals surface area contributed by atoms with Gasteiger partial charge in [0.1, 0.15) is 11.6 Å². The first-order chi connectivity index (χ1) is 12.5. The van der Waals surface area contributed by atoms with Gasteiger partial charge in [0.15, 0.2) is 5.69 Å². The first-order valence-corrected chi connectivity index (χ1v) is 9.78. The lowest BCUT2D eigenvalue weighted by Crippen LogP contribution is -2.27. The minimum Gasteiger partial charge on any atom is -0.440 e. The number of thiophene rings is 1. The average Bonchev–Trinajstić information content (AvgIpc) is 3.22. The van der Waals surface area contributed by atoms with Gasteiger partial charge in [0.2, 0.25) is 5.89 Å². The van der Waals surface area contributed by atoms with Gasteiger partial charge in [-0.05, 0) is 39.1 Å². The lowest BCUT2D eigenvalue weighted by Gasteiger charge is -2.22. The van der Waals surface area contributed by atoms with Crippen molar-refractivity contribution in [1.82, 2.24) is 14.8 Å². The number of nitrogens with one attached hydrogen (secondary N) is 1. The third-order valence-electron chi connectivity index (χ3n) is 4.10. The van der Waals surface area contributed by atoms with Crippen molar-refractivity contribution in [2.75, 3.05) is 5.32 Å². The third-order valence-corrected chi connectivity index (χ3v) is 4.96. The Kier molecular flexibility index (Phi) is 4.76. The number of anilines is 1. The molecule has 1 amide bonds. The van der Waals surface area contributed by atoms with Crippen LogP contribution in [0.15, 0.2) is 28.0 Å². The van der Waals surface area contributed by atoms with Crippen molar-refractivity contribution < 1.29 is 9.21 Å². The lowest BCUT2D eigenvalue weighted by atomic mass is 9.92. The van der Waals surface area contributed by atoms with Gasteiger partial charge in [-0.1, -0.05) is 26.8 Å². The Labute approximate surface area is 163 Å². The van der Waals surface area contributed by atoms with E-state index in [1.807, 2.05) is 28.3 Å². The molecule has 27 heavy (non-hydrogen) atoms. The first kappa shape index (κ1) is 19.4. The highest BCUT2D eigenvalue weighted by atomic mass is 32.1. The number of nitrogens with zero attached hydrogens (tertiary/aromatic N) is 3. The van der Waals surface area contributed by atoms with Gasteiger partial charge in [0, 0.05) is 11.5 Å². The zero-order valence-corrected chi connectivity index (χ0v) is 17.7. The maximum Gasteiger partial charge on any atom is 0.279 e. The van der Waals surface area contributed by atoms with Gasteiger partial charge in [-0.15, -0.1) is 11.3 Å². The van der Waals surface area contributed by atoms with Crippen LogP contribution in [-0.2, 0) is 11.0 Å². The molecule has 6 nitrogen and oxygen atoms in total. The van der Waals surface area contributed by atoms with Gasteiger partial charge >= 0.3 is 0 Å². The molecule has 0 aliphatic heterocycles. The maximum atomic E-state index is 12.9. The van der Waals surface area contributed by atoms with Crippen LogP contribution in [-0.4, -0.2) is 20.7 Å². The summed E-state index contributed by atoms with van der Waals surface area (Å²) in [6, 6.07) is 5.77. The fraction of sp³-hybridized carbons (Fsp3) is 0.450. The highest BCUT2D eigenvalue weighted by molar-refractivity contribution is 7.13. The van der Waals surface area contributed by atoms with E-state index in [1.54, 1.807) is 6.92 Å². The zero-order valence-electron chi connectivity index (χ0n) is 16.9. The summed E-state index contributed by atoms with van der Waals surface area (Å²) >= 11 is 1.52. The number of aryl methyl sites for hydroxylation is 1. The Bertz CT molecular complexity index is 953. The van der Waals surface area contributed by atoms with E-state index in [-0.39, 0.29) is 22.6 Å². The quantitative estimate of drug-likeness (QED) is 0.670. The summed E-state index contributed by atoms with van der Waals surface area (Å²) in [5, 5.41) is 9.64. The first-order valence-electron chi connectivity index (χ1n) is 8.90. The van der Waals surface area contributed by atoms with Crippen LogP contribution in [0.25, 0.3) is 10.8 Å². The molecular weight excluding hydrogens is 360 g/mol. The summed E-state index contributed by atoms with van der Waals surface area (Å²) in [7, 11) is 0. The molecule has 1 N–H and O–H groups in total. The summed E-state index contributed by atoms with van der Waals surface area (Å²) in [6.07, 6.45) is 0. The van der Waals surface area contributed by atoms with E-state index in [0.717, 1.165) is 10.6 Å². The zero-order chi connectivity index (χ0) is 20.0. The summed E-state index contributed by atoms with van der Waals surface area (Å²) in [4.78, 5) is 18.2. The Balaban J connectivity index is 1.94. The fourth-order valence-corrected chi connectivity index (χ4v) is 3.29. The highest BCUT2D eigenvalue weighted by Crippen LogP contribution is 2.29. The predicted molar refractivity (Wildman–Crippen MR) is 108 cm³/mol. The van der Waals surface area contributed by atoms with E-state index >= 15 is 0 Å². The molecule has 0 fully saturated rings. The molecule has 0 saturated carbocycles. The Hall–Kier alpha value is -2.41. The summed E-state index contributed by atoms with van der Waals surface area (Å²) in [6.45, 7) is 14.2. The van der Waals surface area contributed by atoms with Crippen LogP contribution >= 0.6 is 11.3 Å². The number of oxazole rings is 1. The number of carbonyl (C=O) groups is 1. The SMILES string of the molecule is Cc1oc(-c2cccs2)nc1C(=O)Nc1cc(C(C)(C)C)nn1C(C)(C)C. The van der Waals surface area contributed by atoms with Crippen molar-refractivity contribution in [1.29, 1.82) is 0 Å². The van der Waals surface area contributed by atoms with E-state index in [4.69, 9.17) is 9.52 Å². The van der Waals surface area contributed by atoms with Gasteiger partial charge in [-0.25, -0.2) is 9.67 Å². The van der Waals surface area contributed by atoms with E-state index in [1.165, 1.54) is 11.3 Å². The van der Waals surface area contributed by atoms with Gasteiger partial charge in [-0.3, -0.25) is 4.79 Å². The second-order valence-corrected chi connectivity index (χ2v) is 9.55. The molecule has 0 aliphatic rings. The largest absolute Gasteiger partial charge is 0.440 e. The van der Waals surface area contributed by atoms with Crippen LogP contribution < -0.4 is 5.32 Å². The second-order valence-electron chi connectivity index (χ2n) is 8.60. The highest BCUT2D eigenvalue weighted by Gasteiger charge is 2.27. The number of aromatic nitrogens is 3. The van der Waals surface area contributed by atoms with Crippen LogP contribution in [0.4, 0.5) is 5.82 Å². The normalized spacial score (nSPS) is 12.4. The lowest BCUT2D eigenvalue weighted by molar-refractivity contribution is 0.102. The van der Waals surface area contributed by atoms with Crippen LogP contribution in [0.3, 0.4) is 0 Å². The molecule has 0 aromatic carbocycles. The van der Waals surface area contributed by atoms with Crippen molar-refractivity contribution in [2.24, 2.45) is 0 Å². The minimum atomic E-state index is -0.301. The van der Waals surface area contributed by atoms with Gasteiger partial charge in [-0.2, -0.15) is 5.10 Å². The molecule has 0 atom stereocenters. The Morgan fingerprint density at radius 1 is 1.22 bits per heavy atom. The molecule has 0 saturated heterocycles. The minimum absolute atomic E-state index is 0.119. The van der Waals surface area contributed by atoms with E-state index in [0.29, 0.717) is 17.5 Å². The van der Waals surface area contributed by atoms with E-state index < -0.39 is 0 Å². The van der Waals surface area contributed by atoms with Crippen molar-refractivity contribution in [3.8, 4) is 10.8 Å². The topological polar surface area (TPSA) is 73.0 Å². The molecule has 3 rings (SSSR count). The van der Waals surface area contributed by atoms with E-state index in [9.17, 15) is 4.79 Å². The molecule has 3 aromatic rings. The molecule has 0 radical (unpaired) electrons. The third kappa shape index (κ3) is 3.98. The van der Waals surface area contributed by atoms with Crippen LogP contribution in [0.1, 0.15) is 63.5 Å². The molecule has 3 heterocycles. The Morgan fingerprint density at radius 3 is 2.48 bits per heavy atom. The Morgan fingerprint density at radius 2 is 1.93 bits per heavy atom. The standard InChI is InChI=1S/C20H26N4O2S/c1-12-16(22-18(26-12)13-9-8-10-27-13)17(25)21-15-11-14(19(2,3)4)23-24(15)20(5,6)7/h8-11H,1-7H3,(H,21,25). The van der Waals surface area contributed by atoms with Gasteiger partial charge in [0.25, 0.3) is 5.91 Å². The molecule has 0 spiro atoms. The molecule has 0 unspecified atom stereocenters. The van der Waals surface area contributed by atoms with Crippen molar-refractivity contribution in [3.63, 3.8) is 0 Å². The summed E-state index contributed by atoms with van der Waals surface area (Å²) < 4.78 is 7.54.